The SMILES string of the molecule is [C-]#[N+]c1cc(-n2c3ccccc3c3ccccc32)c(-n2c3ccccc3c3ccccc32)c(-c2c([N+]#[C-])c(C#N)cc(-n3c4ccccc4c4ccccc43)c2-n2c3ccccc3c3ccccc32)c1C#N. The van der Waals surface area contributed by atoms with Crippen molar-refractivity contribution in [2.45, 2.75) is 0 Å². The fraction of sp³-hybridized carbons (Fsp3) is 0. The molecule has 330 valence electrons. The average molecular weight is 915 g/mol. The topological polar surface area (TPSA) is 76.0 Å². The molecule has 14 aromatic rings. The van der Waals surface area contributed by atoms with E-state index in [4.69, 9.17) is 6.57 Å². The first kappa shape index (κ1) is 40.4. The zero-order valence-corrected chi connectivity index (χ0v) is 38.2. The summed E-state index contributed by atoms with van der Waals surface area (Å²) in [7, 11) is 0. The van der Waals surface area contributed by atoms with Gasteiger partial charge in [0.05, 0.1) is 103 Å². The Kier molecular flexibility index (Phi) is 8.67. The summed E-state index contributed by atoms with van der Waals surface area (Å²) >= 11 is 0. The van der Waals surface area contributed by atoms with Gasteiger partial charge in [0.1, 0.15) is 0 Å². The van der Waals surface area contributed by atoms with Gasteiger partial charge in [0, 0.05) is 54.2 Å². The number of aromatic nitrogens is 4. The Morgan fingerprint density at radius 1 is 0.333 bits per heavy atom. The predicted molar refractivity (Wildman–Crippen MR) is 291 cm³/mol. The molecule has 0 fully saturated rings. The number of hydrogen-bond donors (Lipinski definition) is 0. The molecule has 0 spiro atoms. The Hall–Kier alpha value is -10.6. The van der Waals surface area contributed by atoms with Crippen LogP contribution in [0.4, 0.5) is 11.4 Å². The normalized spacial score (nSPS) is 11.6. The number of benzene rings is 10. The highest BCUT2D eigenvalue weighted by Crippen LogP contribution is 2.53. The van der Waals surface area contributed by atoms with Crippen molar-refractivity contribution in [3.63, 3.8) is 0 Å². The molecule has 0 bridgehead atoms. The molecule has 8 nitrogen and oxygen atoms in total. The first-order valence-electron chi connectivity index (χ1n) is 23.5. The molecule has 0 aliphatic rings. The van der Waals surface area contributed by atoms with Gasteiger partial charge in [-0.15, -0.1) is 0 Å². The third kappa shape index (κ3) is 5.41. The van der Waals surface area contributed by atoms with Gasteiger partial charge >= 0.3 is 0 Å². The Morgan fingerprint density at radius 3 is 0.917 bits per heavy atom. The lowest BCUT2D eigenvalue weighted by Gasteiger charge is -2.27. The van der Waals surface area contributed by atoms with E-state index in [2.05, 4.69) is 137 Å². The van der Waals surface area contributed by atoms with Gasteiger partial charge < -0.3 is 18.3 Å². The van der Waals surface area contributed by atoms with Crippen molar-refractivity contribution in [2.75, 3.05) is 0 Å². The second kappa shape index (κ2) is 15.4. The van der Waals surface area contributed by atoms with Crippen LogP contribution in [0.5, 0.6) is 0 Å². The van der Waals surface area contributed by atoms with E-state index in [0.717, 1.165) is 87.2 Å². The van der Waals surface area contributed by atoms with E-state index >= 15 is 0 Å². The zero-order chi connectivity index (χ0) is 48.2. The van der Waals surface area contributed by atoms with E-state index in [1.54, 1.807) is 0 Å². The molecular formula is C64H34N8. The highest BCUT2D eigenvalue weighted by atomic mass is 15.1. The molecule has 0 N–H and O–H groups in total. The van der Waals surface area contributed by atoms with E-state index in [9.17, 15) is 17.1 Å². The third-order valence-electron chi connectivity index (χ3n) is 14.5. The maximum atomic E-state index is 11.9. The smallest absolute Gasteiger partial charge is 0.214 e. The van der Waals surface area contributed by atoms with Crippen LogP contribution in [0.2, 0.25) is 0 Å². The van der Waals surface area contributed by atoms with Gasteiger partial charge in [0.2, 0.25) is 11.4 Å². The third-order valence-corrected chi connectivity index (χ3v) is 14.5. The number of fused-ring (bicyclic) bond motifs is 12. The molecule has 8 heteroatoms. The lowest BCUT2D eigenvalue weighted by Crippen LogP contribution is -2.11. The van der Waals surface area contributed by atoms with E-state index in [1.165, 1.54) is 0 Å². The summed E-state index contributed by atoms with van der Waals surface area (Å²) in [6, 6.07) is 74.7. The van der Waals surface area contributed by atoms with Crippen LogP contribution < -0.4 is 0 Å². The minimum atomic E-state index is 0.0627. The van der Waals surface area contributed by atoms with Crippen LogP contribution in [0.3, 0.4) is 0 Å². The van der Waals surface area contributed by atoms with E-state index in [-0.39, 0.29) is 22.5 Å². The molecule has 0 radical (unpaired) electrons. The lowest BCUT2D eigenvalue weighted by molar-refractivity contribution is 1.08. The van der Waals surface area contributed by atoms with Gasteiger partial charge in [0.25, 0.3) is 0 Å². The van der Waals surface area contributed by atoms with Crippen molar-refractivity contribution in [1.82, 2.24) is 18.3 Å². The first-order valence-corrected chi connectivity index (χ1v) is 23.5. The van der Waals surface area contributed by atoms with Crippen LogP contribution in [-0.2, 0) is 0 Å². The minimum Gasteiger partial charge on any atom is -0.308 e. The Bertz CT molecular complexity index is 4350. The summed E-state index contributed by atoms with van der Waals surface area (Å²) < 4.78 is 8.80. The number of hydrogen-bond acceptors (Lipinski definition) is 2. The monoisotopic (exact) mass is 914 g/mol. The van der Waals surface area contributed by atoms with Crippen LogP contribution in [0.1, 0.15) is 11.1 Å². The quantitative estimate of drug-likeness (QED) is 0.161. The van der Waals surface area contributed by atoms with Crippen molar-refractivity contribution in [2.24, 2.45) is 0 Å². The van der Waals surface area contributed by atoms with Crippen molar-refractivity contribution in [1.29, 1.82) is 10.5 Å². The zero-order valence-electron chi connectivity index (χ0n) is 38.2. The molecule has 10 aromatic carbocycles. The fourth-order valence-corrected chi connectivity index (χ4v) is 11.7. The Balaban J connectivity index is 1.32. The Labute approximate surface area is 411 Å². The first-order chi connectivity index (χ1) is 35.6. The largest absolute Gasteiger partial charge is 0.308 e. The number of rotatable bonds is 5. The number of para-hydroxylation sites is 8. The van der Waals surface area contributed by atoms with Crippen molar-refractivity contribution in [3.8, 4) is 46.0 Å². The fourth-order valence-electron chi connectivity index (χ4n) is 11.7. The van der Waals surface area contributed by atoms with Gasteiger partial charge in [-0.2, -0.15) is 10.5 Å². The minimum absolute atomic E-state index is 0.0627. The standard InChI is InChI=1S/C64H34N8/c1-67-49-36-59(70-52-29-13-5-21-42(52)43-22-6-14-30-53(43)70)63(71-54-31-15-7-23-44(54)45-24-8-16-32-55(45)71)60(48(49)38-66)61-62(68-2)39(37-65)35-58(69-50-27-11-3-19-40(50)41-20-4-12-28-51(41)69)64(61)72-56-33-17-9-25-46(56)47-26-10-18-34-57(47)72/h3-36H. The Morgan fingerprint density at radius 2 is 0.625 bits per heavy atom. The second-order valence-corrected chi connectivity index (χ2v) is 18.0. The number of nitrogens with zero attached hydrogens (tertiary/aromatic N) is 8. The maximum absolute atomic E-state index is 11.9. The van der Waals surface area contributed by atoms with Gasteiger partial charge in [-0.3, -0.25) is 0 Å². The average Bonchev–Trinajstić information content (AvgIpc) is 4.17. The van der Waals surface area contributed by atoms with Crippen LogP contribution >= 0.6 is 0 Å². The lowest BCUT2D eigenvalue weighted by atomic mass is 9.89. The molecule has 0 saturated carbocycles. The van der Waals surface area contributed by atoms with E-state index in [0.29, 0.717) is 33.9 Å². The molecule has 72 heavy (non-hydrogen) atoms. The number of nitriles is 2. The van der Waals surface area contributed by atoms with Gasteiger partial charge in [-0.25, -0.2) is 9.69 Å². The highest BCUT2D eigenvalue weighted by molar-refractivity contribution is 6.17. The summed E-state index contributed by atoms with van der Waals surface area (Å²) in [5, 5.41) is 31.5. The predicted octanol–water partition coefficient (Wildman–Crippen LogP) is 16.6. The summed E-state index contributed by atoms with van der Waals surface area (Å²) in [6.45, 7) is 18.2. The molecule has 14 rings (SSSR count). The molecule has 4 heterocycles. The van der Waals surface area contributed by atoms with Crippen LogP contribution in [0.15, 0.2) is 206 Å². The van der Waals surface area contributed by atoms with Crippen molar-refractivity contribution < 1.29 is 0 Å². The molecule has 0 unspecified atom stereocenters. The summed E-state index contributed by atoms with van der Waals surface area (Å²) in [4.78, 5) is 8.57. The van der Waals surface area contributed by atoms with Gasteiger partial charge in [0.15, 0.2) is 0 Å². The van der Waals surface area contributed by atoms with Gasteiger partial charge in [-0.1, -0.05) is 146 Å². The molecule has 4 aromatic heterocycles. The van der Waals surface area contributed by atoms with Crippen molar-refractivity contribution >= 4 is 98.6 Å². The molecule has 0 saturated heterocycles. The van der Waals surface area contributed by atoms with E-state index in [1.807, 2.05) is 109 Å². The van der Waals surface area contributed by atoms with Gasteiger partial charge in [-0.05, 0) is 60.7 Å². The summed E-state index contributed by atoms with van der Waals surface area (Å²) in [6.07, 6.45) is 0. The molecule has 0 aliphatic heterocycles. The highest BCUT2D eigenvalue weighted by Gasteiger charge is 2.34. The van der Waals surface area contributed by atoms with Crippen LogP contribution in [-0.4, -0.2) is 18.3 Å². The van der Waals surface area contributed by atoms with Crippen LogP contribution in [0, 0.1) is 35.8 Å². The maximum Gasteiger partial charge on any atom is 0.214 e. The summed E-state index contributed by atoms with van der Waals surface area (Å²) in [5.41, 5.74) is 10.6. The summed E-state index contributed by atoms with van der Waals surface area (Å²) in [5.74, 6) is 0. The molecule has 0 amide bonds. The van der Waals surface area contributed by atoms with Crippen LogP contribution in [0.25, 0.3) is 131 Å². The van der Waals surface area contributed by atoms with Crippen molar-refractivity contribution in [3.05, 3.63) is 240 Å². The van der Waals surface area contributed by atoms with E-state index < -0.39 is 0 Å². The molecule has 0 atom stereocenters. The molecular weight excluding hydrogens is 881 g/mol. The second-order valence-electron chi connectivity index (χ2n) is 18.0. The molecule has 0 aliphatic carbocycles.